The zero-order chi connectivity index (χ0) is 21.6. The lowest BCUT2D eigenvalue weighted by Gasteiger charge is -2.10. The molecule has 2 aromatic carbocycles. The highest BCUT2D eigenvalue weighted by Crippen LogP contribution is 2.30. The number of carbonyl (C=O) groups is 1. The minimum absolute atomic E-state index is 0.0270. The molecule has 0 saturated carbocycles. The number of benzene rings is 2. The number of esters is 1. The van der Waals surface area contributed by atoms with Crippen LogP contribution in [0.4, 0.5) is 0 Å². The third-order valence-corrected chi connectivity index (χ3v) is 4.38. The topological polar surface area (TPSA) is 66.8 Å². The van der Waals surface area contributed by atoms with Crippen LogP contribution in [0.25, 0.3) is 0 Å². The molecule has 4 heteroatoms. The number of phenols is 2. The van der Waals surface area contributed by atoms with Crippen LogP contribution in [-0.4, -0.2) is 16.2 Å². The van der Waals surface area contributed by atoms with Crippen LogP contribution in [0.15, 0.2) is 42.5 Å². The largest absolute Gasteiger partial charge is 0.507 e. The molecule has 0 atom stereocenters. The highest BCUT2D eigenvalue weighted by Gasteiger charge is 2.11. The molecule has 2 aromatic rings. The minimum atomic E-state index is -0.535. The summed E-state index contributed by atoms with van der Waals surface area (Å²) in [4.78, 5) is 11.3. The molecule has 0 bridgehead atoms. The smallest absolute Gasteiger partial charge is 0.338 e. The lowest BCUT2D eigenvalue weighted by molar-refractivity contribution is -0.130. The summed E-state index contributed by atoms with van der Waals surface area (Å²) < 4.78 is 4.95. The second-order valence-electron chi connectivity index (χ2n) is 7.71. The Morgan fingerprint density at radius 3 is 1.82 bits per heavy atom. The van der Waals surface area contributed by atoms with E-state index in [-0.39, 0.29) is 11.5 Å². The van der Waals surface area contributed by atoms with Crippen LogP contribution >= 0.6 is 0 Å². The summed E-state index contributed by atoms with van der Waals surface area (Å²) in [5, 5.41) is 19.2. The average molecular weight is 385 g/mol. The van der Waals surface area contributed by atoms with Crippen LogP contribution in [-0.2, 0) is 4.79 Å². The van der Waals surface area contributed by atoms with E-state index in [1.54, 1.807) is 19.1 Å². The van der Waals surface area contributed by atoms with E-state index in [9.17, 15) is 15.0 Å². The van der Waals surface area contributed by atoms with Crippen LogP contribution in [0.5, 0.6) is 17.2 Å². The third-order valence-electron chi connectivity index (χ3n) is 4.38. The summed E-state index contributed by atoms with van der Waals surface area (Å²) in [5.74, 6) is 0.880. The van der Waals surface area contributed by atoms with Crippen LogP contribution in [0.2, 0.25) is 0 Å². The van der Waals surface area contributed by atoms with Crippen LogP contribution in [0.3, 0.4) is 0 Å². The van der Waals surface area contributed by atoms with Gasteiger partial charge < -0.3 is 14.9 Å². The van der Waals surface area contributed by atoms with E-state index in [1.807, 2.05) is 45.9 Å². The predicted octanol–water partition coefficient (Wildman–Crippen LogP) is 6.13. The van der Waals surface area contributed by atoms with Crippen molar-refractivity contribution in [1.29, 1.82) is 0 Å². The summed E-state index contributed by atoms with van der Waals surface area (Å²) in [5.41, 5.74) is 4.53. The Balaban J connectivity index is 0.000000292. The molecule has 0 saturated heterocycles. The number of rotatable bonds is 4. The van der Waals surface area contributed by atoms with Crippen molar-refractivity contribution >= 4 is 5.97 Å². The van der Waals surface area contributed by atoms with Crippen molar-refractivity contribution in [2.24, 2.45) is 0 Å². The first kappa shape index (κ1) is 23.3. The van der Waals surface area contributed by atoms with Crippen molar-refractivity contribution in [3.63, 3.8) is 0 Å². The maximum atomic E-state index is 11.3. The second kappa shape index (κ2) is 9.98. The highest BCUT2D eigenvalue weighted by atomic mass is 16.5. The minimum Gasteiger partial charge on any atom is -0.507 e. The average Bonchev–Trinajstić information content (AvgIpc) is 2.61. The molecule has 0 spiro atoms. The van der Waals surface area contributed by atoms with E-state index in [0.717, 1.165) is 16.7 Å². The van der Waals surface area contributed by atoms with Crippen molar-refractivity contribution < 1.29 is 19.7 Å². The summed E-state index contributed by atoms with van der Waals surface area (Å²) in [6.45, 7) is 17.3. The molecule has 2 rings (SSSR count). The van der Waals surface area contributed by atoms with Gasteiger partial charge in [0.25, 0.3) is 0 Å². The Bertz CT molecular complexity index is 825. The molecule has 4 nitrogen and oxygen atoms in total. The van der Waals surface area contributed by atoms with Crippen molar-refractivity contribution in [2.45, 2.75) is 60.3 Å². The first-order valence-electron chi connectivity index (χ1n) is 9.44. The SMILES string of the molecule is C=C(C)C(=O)Oc1ccc(C(C)C)cc1O.Cc1cc(C(C)C)cc(C)c1O. The van der Waals surface area contributed by atoms with Gasteiger partial charge in [0.05, 0.1) is 0 Å². The number of carbonyl (C=O) groups excluding carboxylic acids is 1. The molecule has 2 N–H and O–H groups in total. The van der Waals surface area contributed by atoms with Crippen molar-refractivity contribution in [2.75, 3.05) is 0 Å². The number of phenolic OH excluding ortho intramolecular Hbond substituents is 2. The molecule has 152 valence electrons. The number of ether oxygens (including phenoxy) is 1. The molecule has 0 fully saturated rings. The standard InChI is InChI=1S/C13H16O3.C11H16O/c1-8(2)10-5-6-12(11(14)7-10)16-13(15)9(3)4;1-7(2)10-5-8(3)11(12)9(4)6-10/h5-8,14H,3H2,1-2,4H3;5-7,12H,1-4H3. The zero-order valence-electron chi connectivity index (χ0n) is 18.0. The highest BCUT2D eigenvalue weighted by molar-refractivity contribution is 5.89. The van der Waals surface area contributed by atoms with Crippen molar-refractivity contribution in [1.82, 2.24) is 0 Å². The monoisotopic (exact) mass is 384 g/mol. The second-order valence-corrected chi connectivity index (χ2v) is 7.71. The molecule has 28 heavy (non-hydrogen) atoms. The third kappa shape index (κ3) is 6.45. The van der Waals surface area contributed by atoms with Gasteiger partial charge in [-0.3, -0.25) is 0 Å². The molecule has 0 unspecified atom stereocenters. The summed E-state index contributed by atoms with van der Waals surface area (Å²) in [6.07, 6.45) is 0. The molecular formula is C24H32O4. The van der Waals surface area contributed by atoms with E-state index >= 15 is 0 Å². The van der Waals surface area contributed by atoms with Crippen LogP contribution in [0.1, 0.15) is 68.7 Å². The van der Waals surface area contributed by atoms with Gasteiger partial charge in [-0.15, -0.1) is 0 Å². The van der Waals surface area contributed by atoms with E-state index in [4.69, 9.17) is 4.74 Å². The van der Waals surface area contributed by atoms with Gasteiger partial charge in [-0.2, -0.15) is 0 Å². The van der Waals surface area contributed by atoms with Gasteiger partial charge in [-0.05, 0) is 67.0 Å². The van der Waals surface area contributed by atoms with E-state index in [1.165, 1.54) is 5.56 Å². The number of aryl methyl sites for hydroxylation is 2. The molecule has 0 aliphatic heterocycles. The Labute approximate surface area is 168 Å². The number of aromatic hydroxyl groups is 2. The normalized spacial score (nSPS) is 10.5. The van der Waals surface area contributed by atoms with Gasteiger partial charge in [0.15, 0.2) is 11.5 Å². The first-order valence-corrected chi connectivity index (χ1v) is 9.44. The van der Waals surface area contributed by atoms with Gasteiger partial charge in [0.1, 0.15) is 5.75 Å². The van der Waals surface area contributed by atoms with E-state index in [2.05, 4.69) is 20.4 Å². The molecule has 0 amide bonds. The van der Waals surface area contributed by atoms with Gasteiger partial charge in [0.2, 0.25) is 0 Å². The lowest BCUT2D eigenvalue weighted by Crippen LogP contribution is -2.08. The fourth-order valence-corrected chi connectivity index (χ4v) is 2.49. The summed E-state index contributed by atoms with van der Waals surface area (Å²) >= 11 is 0. The Hall–Kier alpha value is -2.75. The zero-order valence-corrected chi connectivity index (χ0v) is 18.0. The quantitative estimate of drug-likeness (QED) is 0.378. The van der Waals surface area contributed by atoms with Gasteiger partial charge >= 0.3 is 5.97 Å². The van der Waals surface area contributed by atoms with Gasteiger partial charge in [-0.1, -0.05) is 52.5 Å². The number of hydrogen-bond donors (Lipinski definition) is 2. The molecular weight excluding hydrogens is 352 g/mol. The van der Waals surface area contributed by atoms with Gasteiger partial charge in [-0.25, -0.2) is 4.79 Å². The maximum absolute atomic E-state index is 11.3. The molecule has 0 aromatic heterocycles. The van der Waals surface area contributed by atoms with Crippen LogP contribution < -0.4 is 4.74 Å². The number of hydrogen-bond acceptors (Lipinski definition) is 4. The molecule has 0 aliphatic rings. The van der Waals surface area contributed by atoms with E-state index < -0.39 is 5.97 Å². The van der Waals surface area contributed by atoms with Crippen molar-refractivity contribution in [3.8, 4) is 17.2 Å². The fraction of sp³-hybridized carbons (Fsp3) is 0.375. The molecule has 0 aliphatic carbocycles. The summed E-state index contributed by atoms with van der Waals surface area (Å²) in [6, 6.07) is 9.11. The fourth-order valence-electron chi connectivity index (χ4n) is 2.49. The summed E-state index contributed by atoms with van der Waals surface area (Å²) in [7, 11) is 0. The maximum Gasteiger partial charge on any atom is 0.338 e. The molecule has 0 radical (unpaired) electrons. The van der Waals surface area contributed by atoms with Gasteiger partial charge in [0, 0.05) is 5.57 Å². The molecule has 0 heterocycles. The van der Waals surface area contributed by atoms with Crippen molar-refractivity contribution in [3.05, 3.63) is 64.7 Å². The Kier molecular flexibility index (Phi) is 8.30. The first-order chi connectivity index (χ1) is 12.9. The van der Waals surface area contributed by atoms with E-state index in [0.29, 0.717) is 23.2 Å². The lowest BCUT2D eigenvalue weighted by atomic mass is 9.98. The predicted molar refractivity (Wildman–Crippen MR) is 114 cm³/mol. The Morgan fingerprint density at radius 1 is 0.929 bits per heavy atom. The Morgan fingerprint density at radius 2 is 1.43 bits per heavy atom. The van der Waals surface area contributed by atoms with Crippen LogP contribution in [0, 0.1) is 13.8 Å².